The molecule has 3 atom stereocenters. The van der Waals surface area contributed by atoms with Crippen LogP contribution in [0.1, 0.15) is 45.4 Å². The van der Waals surface area contributed by atoms with Crippen molar-refractivity contribution in [2.24, 2.45) is 11.7 Å². The number of likely N-dealkylation sites (tertiary alicyclic amines) is 1. The van der Waals surface area contributed by atoms with Crippen LogP contribution in [0.4, 0.5) is 0 Å². The van der Waals surface area contributed by atoms with Gasteiger partial charge in [0.1, 0.15) is 0 Å². The fraction of sp³-hybridized carbons (Fsp3) is 0.917. The molecule has 2 fully saturated rings. The lowest BCUT2D eigenvalue weighted by Gasteiger charge is -2.46. The van der Waals surface area contributed by atoms with E-state index in [-0.39, 0.29) is 11.9 Å². The van der Waals surface area contributed by atoms with Gasteiger partial charge < -0.3 is 5.73 Å². The molecule has 1 aliphatic carbocycles. The highest BCUT2D eigenvalue weighted by Crippen LogP contribution is 2.36. The fourth-order valence-corrected chi connectivity index (χ4v) is 3.31. The third kappa shape index (κ3) is 2.17. The molecule has 3 nitrogen and oxygen atoms in total. The number of nitrogens with zero attached hydrogens (tertiary/aromatic N) is 1. The van der Waals surface area contributed by atoms with Crippen molar-refractivity contribution in [2.45, 2.75) is 57.5 Å². The van der Waals surface area contributed by atoms with Crippen LogP contribution in [0.3, 0.4) is 0 Å². The van der Waals surface area contributed by atoms with E-state index in [0.29, 0.717) is 6.04 Å². The maximum absolute atomic E-state index is 11.3. The predicted octanol–water partition coefficient (Wildman–Crippen LogP) is 1.51. The van der Waals surface area contributed by atoms with Crippen molar-refractivity contribution in [3.05, 3.63) is 0 Å². The van der Waals surface area contributed by atoms with Gasteiger partial charge in [0.05, 0.1) is 6.04 Å². The maximum Gasteiger partial charge on any atom is 0.234 e. The summed E-state index contributed by atoms with van der Waals surface area (Å²) in [6, 6.07) is 0.561. The van der Waals surface area contributed by atoms with Gasteiger partial charge in [-0.05, 0) is 45.1 Å². The molecule has 3 unspecified atom stereocenters. The van der Waals surface area contributed by atoms with E-state index in [1.54, 1.807) is 0 Å². The number of piperidine rings is 1. The number of hydrogen-bond donors (Lipinski definition) is 1. The van der Waals surface area contributed by atoms with Gasteiger partial charge in [0.25, 0.3) is 0 Å². The molecule has 1 aliphatic heterocycles. The van der Waals surface area contributed by atoms with Crippen LogP contribution in [0, 0.1) is 5.92 Å². The number of carbonyl (C=O) groups is 1. The second kappa shape index (κ2) is 4.52. The van der Waals surface area contributed by atoms with E-state index in [9.17, 15) is 4.79 Å². The number of carbonyl (C=O) groups excluding carboxylic acids is 1. The van der Waals surface area contributed by atoms with Gasteiger partial charge in [0.2, 0.25) is 5.91 Å². The highest BCUT2D eigenvalue weighted by molar-refractivity contribution is 5.79. The summed E-state index contributed by atoms with van der Waals surface area (Å²) in [5.41, 5.74) is 5.41. The Morgan fingerprint density at radius 1 is 1.27 bits per heavy atom. The molecule has 3 heteroatoms. The Kier molecular flexibility index (Phi) is 3.29. The number of primary amides is 1. The monoisotopic (exact) mass is 210 g/mol. The smallest absolute Gasteiger partial charge is 0.234 e. The Morgan fingerprint density at radius 3 is 2.67 bits per heavy atom. The number of rotatable bonds is 2. The van der Waals surface area contributed by atoms with Crippen LogP contribution in [0.25, 0.3) is 0 Å². The zero-order valence-electron chi connectivity index (χ0n) is 9.61. The Labute approximate surface area is 92.0 Å². The number of hydrogen-bond acceptors (Lipinski definition) is 2. The van der Waals surface area contributed by atoms with Crippen molar-refractivity contribution >= 4 is 5.91 Å². The molecule has 0 aromatic carbocycles. The molecule has 0 spiro atoms. The normalized spacial score (nSPS) is 34.5. The van der Waals surface area contributed by atoms with Gasteiger partial charge in [-0.3, -0.25) is 9.69 Å². The second-order valence-corrected chi connectivity index (χ2v) is 5.07. The van der Waals surface area contributed by atoms with Crippen LogP contribution in [-0.4, -0.2) is 29.4 Å². The topological polar surface area (TPSA) is 46.3 Å². The molecule has 0 aromatic rings. The summed E-state index contributed by atoms with van der Waals surface area (Å²) in [5.74, 6) is 0.663. The first-order valence-corrected chi connectivity index (χ1v) is 6.25. The summed E-state index contributed by atoms with van der Waals surface area (Å²) in [6.07, 6.45) is 7.91. The van der Waals surface area contributed by atoms with Crippen molar-refractivity contribution in [1.29, 1.82) is 0 Å². The van der Waals surface area contributed by atoms with E-state index in [1.165, 1.54) is 38.5 Å². The predicted molar refractivity (Wildman–Crippen MR) is 60.3 cm³/mol. The highest BCUT2D eigenvalue weighted by atomic mass is 16.1. The van der Waals surface area contributed by atoms with Crippen LogP contribution in [0.2, 0.25) is 0 Å². The van der Waals surface area contributed by atoms with E-state index < -0.39 is 0 Å². The van der Waals surface area contributed by atoms with Crippen molar-refractivity contribution in [1.82, 2.24) is 4.90 Å². The molecule has 2 aliphatic rings. The zero-order chi connectivity index (χ0) is 10.8. The first-order chi connectivity index (χ1) is 7.20. The van der Waals surface area contributed by atoms with E-state index in [4.69, 9.17) is 5.73 Å². The van der Waals surface area contributed by atoms with Gasteiger partial charge in [0.15, 0.2) is 0 Å². The van der Waals surface area contributed by atoms with E-state index in [0.717, 1.165) is 12.5 Å². The minimum absolute atomic E-state index is 0.0732. The first kappa shape index (κ1) is 10.9. The average molecular weight is 210 g/mol. The average Bonchev–Trinajstić information content (AvgIpc) is 2.27. The summed E-state index contributed by atoms with van der Waals surface area (Å²) < 4.78 is 0. The van der Waals surface area contributed by atoms with Gasteiger partial charge in [-0.1, -0.05) is 12.8 Å². The zero-order valence-corrected chi connectivity index (χ0v) is 9.61. The lowest BCUT2D eigenvalue weighted by molar-refractivity contribution is -0.125. The Bertz CT molecular complexity index is 240. The lowest BCUT2D eigenvalue weighted by atomic mass is 9.78. The molecule has 1 amide bonds. The summed E-state index contributed by atoms with van der Waals surface area (Å²) in [5, 5.41) is 0. The number of fused-ring (bicyclic) bond motifs is 1. The molecule has 0 aromatic heterocycles. The molecular weight excluding hydrogens is 188 g/mol. The van der Waals surface area contributed by atoms with Gasteiger partial charge in [-0.15, -0.1) is 0 Å². The molecule has 1 saturated carbocycles. The molecule has 1 saturated heterocycles. The third-order valence-electron chi connectivity index (χ3n) is 4.20. The van der Waals surface area contributed by atoms with Gasteiger partial charge >= 0.3 is 0 Å². The van der Waals surface area contributed by atoms with Crippen LogP contribution in [0.5, 0.6) is 0 Å². The largest absolute Gasteiger partial charge is 0.368 e. The highest BCUT2D eigenvalue weighted by Gasteiger charge is 2.36. The van der Waals surface area contributed by atoms with Crippen LogP contribution in [0.15, 0.2) is 0 Å². The molecule has 86 valence electrons. The van der Waals surface area contributed by atoms with Crippen molar-refractivity contribution in [3.63, 3.8) is 0 Å². The molecule has 1 heterocycles. The Morgan fingerprint density at radius 2 is 1.93 bits per heavy atom. The molecule has 0 bridgehead atoms. The molecule has 2 N–H and O–H groups in total. The summed E-state index contributed by atoms with van der Waals surface area (Å²) in [7, 11) is 0. The standard InChI is InChI=1S/C12H22N2O/c1-9(12(13)15)14-8-4-6-10-5-2-3-7-11(10)14/h9-11H,2-8H2,1H3,(H2,13,15). The van der Waals surface area contributed by atoms with E-state index >= 15 is 0 Å². The van der Waals surface area contributed by atoms with Gasteiger partial charge in [-0.2, -0.15) is 0 Å². The van der Waals surface area contributed by atoms with E-state index in [2.05, 4.69) is 4.90 Å². The van der Waals surface area contributed by atoms with Crippen molar-refractivity contribution in [3.8, 4) is 0 Å². The minimum Gasteiger partial charge on any atom is -0.368 e. The first-order valence-electron chi connectivity index (χ1n) is 6.25. The molecule has 2 rings (SSSR count). The fourth-order valence-electron chi connectivity index (χ4n) is 3.31. The SMILES string of the molecule is CC(C(N)=O)N1CCCC2CCCCC21. The third-order valence-corrected chi connectivity index (χ3v) is 4.20. The Hall–Kier alpha value is -0.570. The molecule has 15 heavy (non-hydrogen) atoms. The lowest BCUT2D eigenvalue weighted by Crippen LogP contribution is -2.54. The molecular formula is C12H22N2O. The summed E-state index contributed by atoms with van der Waals surface area (Å²) in [6.45, 7) is 3.02. The van der Waals surface area contributed by atoms with Gasteiger partial charge in [0, 0.05) is 6.04 Å². The summed E-state index contributed by atoms with van der Waals surface area (Å²) >= 11 is 0. The second-order valence-electron chi connectivity index (χ2n) is 5.07. The summed E-state index contributed by atoms with van der Waals surface area (Å²) in [4.78, 5) is 13.6. The molecule has 0 radical (unpaired) electrons. The van der Waals surface area contributed by atoms with E-state index in [1.807, 2.05) is 6.92 Å². The van der Waals surface area contributed by atoms with Crippen molar-refractivity contribution < 1.29 is 4.79 Å². The van der Waals surface area contributed by atoms with Gasteiger partial charge in [-0.25, -0.2) is 0 Å². The van der Waals surface area contributed by atoms with Crippen molar-refractivity contribution in [2.75, 3.05) is 6.54 Å². The quantitative estimate of drug-likeness (QED) is 0.751. The van der Waals surface area contributed by atoms with Crippen LogP contribution in [-0.2, 0) is 4.79 Å². The number of nitrogens with two attached hydrogens (primary N) is 1. The van der Waals surface area contributed by atoms with Crippen LogP contribution < -0.4 is 5.73 Å². The number of amides is 1. The maximum atomic E-state index is 11.3. The van der Waals surface area contributed by atoms with Crippen LogP contribution >= 0.6 is 0 Å². The Balaban J connectivity index is 2.06. The minimum atomic E-state index is -0.166.